The Balaban J connectivity index is 2.75. The smallest absolute Gasteiger partial charge is 0.318 e. The van der Waals surface area contributed by atoms with Crippen LogP contribution in [-0.4, -0.2) is 25.5 Å². The molecule has 0 atom stereocenters. The fourth-order valence-corrected chi connectivity index (χ4v) is 2.05. The van der Waals surface area contributed by atoms with E-state index in [0.29, 0.717) is 30.8 Å². The third-order valence-electron chi connectivity index (χ3n) is 3.85. The Labute approximate surface area is 125 Å². The summed E-state index contributed by atoms with van der Waals surface area (Å²) in [6.45, 7) is 4.25. The molecule has 0 fully saturated rings. The molecule has 0 aliphatic carbocycles. The summed E-state index contributed by atoms with van der Waals surface area (Å²) in [5.74, 6) is -0.0676. The Morgan fingerprint density at radius 2 is 1.52 bits per heavy atom. The Kier molecular flexibility index (Phi) is 6.17. The molecule has 0 bridgehead atoms. The van der Waals surface area contributed by atoms with Gasteiger partial charge in [0.25, 0.3) is 0 Å². The highest BCUT2D eigenvalue weighted by Gasteiger charge is 2.33. The van der Waals surface area contributed by atoms with Gasteiger partial charge in [-0.05, 0) is 37.1 Å². The zero-order chi connectivity index (χ0) is 15.9. The largest absolute Gasteiger partial charge is 0.341 e. The maximum absolute atomic E-state index is 12.4. The van der Waals surface area contributed by atoms with E-state index in [1.165, 1.54) is 0 Å². The van der Waals surface area contributed by atoms with Crippen molar-refractivity contribution in [1.29, 1.82) is 0 Å². The van der Waals surface area contributed by atoms with Crippen molar-refractivity contribution in [3.63, 3.8) is 0 Å². The first kappa shape index (κ1) is 17.0. The molecule has 116 valence electrons. The molecule has 1 rings (SSSR count). The van der Waals surface area contributed by atoms with E-state index in [1.54, 1.807) is 31.3 Å². The van der Waals surface area contributed by atoms with Crippen LogP contribution in [0.4, 0.5) is 16.2 Å². The van der Waals surface area contributed by atoms with Crippen LogP contribution < -0.4 is 21.7 Å². The van der Waals surface area contributed by atoms with Crippen LogP contribution in [0.2, 0.25) is 0 Å². The summed E-state index contributed by atoms with van der Waals surface area (Å²) >= 11 is 0. The van der Waals surface area contributed by atoms with Crippen molar-refractivity contribution >= 4 is 23.3 Å². The molecule has 0 aliphatic heterocycles. The van der Waals surface area contributed by atoms with Gasteiger partial charge in [0.2, 0.25) is 5.91 Å². The minimum absolute atomic E-state index is 0.0676. The molecule has 0 aromatic heterocycles. The highest BCUT2D eigenvalue weighted by atomic mass is 16.2. The van der Waals surface area contributed by atoms with Crippen LogP contribution in [0.15, 0.2) is 24.3 Å². The number of anilines is 2. The first-order valence-electron chi connectivity index (χ1n) is 7.11. The van der Waals surface area contributed by atoms with E-state index in [9.17, 15) is 9.59 Å². The molecule has 3 amide bonds. The second-order valence-electron chi connectivity index (χ2n) is 4.93. The molecule has 0 heterocycles. The van der Waals surface area contributed by atoms with Gasteiger partial charge in [-0.2, -0.15) is 0 Å². The number of hydrogen-bond acceptors (Lipinski definition) is 3. The first-order valence-corrected chi connectivity index (χ1v) is 7.11. The van der Waals surface area contributed by atoms with E-state index >= 15 is 0 Å². The van der Waals surface area contributed by atoms with Crippen molar-refractivity contribution in [2.45, 2.75) is 26.7 Å². The number of urea groups is 1. The first-order chi connectivity index (χ1) is 10.0. The zero-order valence-electron chi connectivity index (χ0n) is 12.8. The Bertz CT molecular complexity index is 473. The molecule has 6 nitrogen and oxygen atoms in total. The quantitative estimate of drug-likeness (QED) is 0.646. The van der Waals surface area contributed by atoms with E-state index in [2.05, 4.69) is 16.0 Å². The highest BCUT2D eigenvalue weighted by molar-refractivity contribution is 5.96. The van der Waals surface area contributed by atoms with Crippen molar-refractivity contribution < 1.29 is 9.59 Å². The maximum Gasteiger partial charge on any atom is 0.318 e. The third kappa shape index (κ3) is 4.19. The molecule has 1 aromatic rings. The number of amides is 3. The average molecular weight is 292 g/mol. The number of carbonyl (C=O) groups is 2. The molecule has 1 aromatic carbocycles. The summed E-state index contributed by atoms with van der Waals surface area (Å²) in [4.78, 5) is 23.6. The van der Waals surface area contributed by atoms with Gasteiger partial charge in [-0.1, -0.05) is 13.8 Å². The topological polar surface area (TPSA) is 96.2 Å². The van der Waals surface area contributed by atoms with E-state index in [4.69, 9.17) is 5.73 Å². The van der Waals surface area contributed by atoms with Crippen LogP contribution in [0.1, 0.15) is 26.7 Å². The monoisotopic (exact) mass is 292 g/mol. The van der Waals surface area contributed by atoms with E-state index in [-0.39, 0.29) is 11.9 Å². The number of benzene rings is 1. The molecule has 5 N–H and O–H groups in total. The number of nitrogens with two attached hydrogens (primary N) is 1. The van der Waals surface area contributed by atoms with Crippen molar-refractivity contribution in [2.24, 2.45) is 11.1 Å². The normalized spacial score (nSPS) is 10.9. The van der Waals surface area contributed by atoms with Gasteiger partial charge >= 0.3 is 6.03 Å². The molecular weight excluding hydrogens is 268 g/mol. The predicted molar refractivity (Wildman–Crippen MR) is 85.2 cm³/mol. The van der Waals surface area contributed by atoms with Gasteiger partial charge in [-0.3, -0.25) is 4.79 Å². The molecule has 0 saturated carbocycles. The summed E-state index contributed by atoms with van der Waals surface area (Å²) in [7, 11) is 1.55. The van der Waals surface area contributed by atoms with Crippen LogP contribution in [0.3, 0.4) is 0 Å². The number of rotatable bonds is 6. The fraction of sp³-hybridized carbons (Fsp3) is 0.467. The van der Waals surface area contributed by atoms with Gasteiger partial charge in [0.15, 0.2) is 0 Å². The second kappa shape index (κ2) is 7.64. The van der Waals surface area contributed by atoms with Gasteiger partial charge in [-0.25, -0.2) is 4.79 Å². The summed E-state index contributed by atoms with van der Waals surface area (Å²) in [6.07, 6.45) is 1.39. The van der Waals surface area contributed by atoms with Crippen LogP contribution in [0.5, 0.6) is 0 Å². The molecular formula is C15H24N4O2. The third-order valence-corrected chi connectivity index (χ3v) is 3.85. The van der Waals surface area contributed by atoms with Crippen molar-refractivity contribution in [2.75, 3.05) is 24.2 Å². The van der Waals surface area contributed by atoms with Crippen LogP contribution in [-0.2, 0) is 4.79 Å². The summed E-state index contributed by atoms with van der Waals surface area (Å²) in [5.41, 5.74) is 6.57. The van der Waals surface area contributed by atoms with Gasteiger partial charge in [0, 0.05) is 25.0 Å². The van der Waals surface area contributed by atoms with Crippen LogP contribution in [0, 0.1) is 5.41 Å². The minimum Gasteiger partial charge on any atom is -0.341 e. The van der Waals surface area contributed by atoms with Crippen molar-refractivity contribution in [1.82, 2.24) is 5.32 Å². The maximum atomic E-state index is 12.4. The van der Waals surface area contributed by atoms with Crippen molar-refractivity contribution in [3.8, 4) is 0 Å². The van der Waals surface area contributed by atoms with Gasteiger partial charge < -0.3 is 21.7 Å². The SMILES string of the molecule is CCC(CC)(CN)C(=O)Nc1ccc(NC(=O)NC)cc1. The van der Waals surface area contributed by atoms with E-state index in [0.717, 1.165) is 0 Å². The number of hydrogen-bond donors (Lipinski definition) is 4. The Morgan fingerprint density at radius 1 is 1.05 bits per heavy atom. The lowest BCUT2D eigenvalue weighted by Crippen LogP contribution is -2.41. The van der Waals surface area contributed by atoms with Gasteiger partial charge in [-0.15, -0.1) is 0 Å². The molecule has 0 radical (unpaired) electrons. The zero-order valence-corrected chi connectivity index (χ0v) is 12.8. The summed E-state index contributed by atoms with van der Waals surface area (Å²) in [5, 5.41) is 8.01. The number of carbonyl (C=O) groups excluding carboxylic acids is 2. The molecule has 0 saturated heterocycles. The van der Waals surface area contributed by atoms with Gasteiger partial charge in [0.05, 0.1) is 5.41 Å². The summed E-state index contributed by atoms with van der Waals surface area (Å²) < 4.78 is 0. The van der Waals surface area contributed by atoms with Crippen LogP contribution in [0.25, 0.3) is 0 Å². The molecule has 0 unspecified atom stereocenters. The van der Waals surface area contributed by atoms with E-state index < -0.39 is 5.41 Å². The second-order valence-corrected chi connectivity index (χ2v) is 4.93. The lowest BCUT2D eigenvalue weighted by atomic mass is 9.81. The Hall–Kier alpha value is -2.08. The van der Waals surface area contributed by atoms with Crippen LogP contribution >= 0.6 is 0 Å². The fourth-order valence-electron chi connectivity index (χ4n) is 2.05. The summed E-state index contributed by atoms with van der Waals surface area (Å²) in [6, 6.07) is 6.66. The lowest BCUT2D eigenvalue weighted by molar-refractivity contribution is -0.125. The standard InChI is InChI=1S/C15H24N4O2/c1-4-15(5-2,10-16)13(20)18-11-6-8-12(9-7-11)19-14(21)17-3/h6-9H,4-5,10,16H2,1-3H3,(H,18,20)(H2,17,19,21). The molecule has 6 heteroatoms. The highest BCUT2D eigenvalue weighted by Crippen LogP contribution is 2.27. The molecule has 0 spiro atoms. The number of nitrogens with one attached hydrogen (secondary N) is 3. The Morgan fingerprint density at radius 3 is 1.90 bits per heavy atom. The average Bonchev–Trinajstić information content (AvgIpc) is 2.51. The van der Waals surface area contributed by atoms with Gasteiger partial charge in [0.1, 0.15) is 0 Å². The predicted octanol–water partition coefficient (Wildman–Crippen LogP) is 2.14. The van der Waals surface area contributed by atoms with Crippen molar-refractivity contribution in [3.05, 3.63) is 24.3 Å². The minimum atomic E-state index is -0.529. The lowest BCUT2D eigenvalue weighted by Gasteiger charge is -2.28. The molecule has 0 aliphatic rings. The van der Waals surface area contributed by atoms with E-state index in [1.807, 2.05) is 13.8 Å². The molecule has 21 heavy (non-hydrogen) atoms.